The summed E-state index contributed by atoms with van der Waals surface area (Å²) in [5.74, 6) is 0.781. The number of ether oxygens (including phenoxy) is 1. The van der Waals surface area contributed by atoms with E-state index in [2.05, 4.69) is 12.1 Å². The lowest BCUT2D eigenvalue weighted by Crippen LogP contribution is -2.06. The average Bonchev–Trinajstić information content (AvgIpc) is 3.10. The highest BCUT2D eigenvalue weighted by atomic mass is 16.5. The fourth-order valence-corrected chi connectivity index (χ4v) is 1.73. The largest absolute Gasteiger partial charge is 0.386 e. The molecule has 0 amide bonds. The highest BCUT2D eigenvalue weighted by Gasteiger charge is 2.23. The second-order valence-electron chi connectivity index (χ2n) is 4.12. The first-order valence-electron chi connectivity index (χ1n) is 5.67. The van der Waals surface area contributed by atoms with Crippen LogP contribution in [0.1, 0.15) is 42.9 Å². The molecule has 0 spiro atoms. The fourth-order valence-electron chi connectivity index (χ4n) is 1.73. The predicted octanol–water partition coefficient (Wildman–Crippen LogP) is 2.63. The molecule has 0 radical (unpaired) electrons. The Morgan fingerprint density at radius 2 is 2.00 bits per heavy atom. The van der Waals surface area contributed by atoms with E-state index in [4.69, 9.17) is 4.74 Å². The summed E-state index contributed by atoms with van der Waals surface area (Å²) in [5, 5.41) is 9.77. The van der Waals surface area contributed by atoms with Crippen molar-refractivity contribution in [2.24, 2.45) is 0 Å². The van der Waals surface area contributed by atoms with Gasteiger partial charge in [-0.25, -0.2) is 0 Å². The summed E-state index contributed by atoms with van der Waals surface area (Å²) < 4.78 is 5.19. The smallest absolute Gasteiger partial charge is 0.102 e. The zero-order chi connectivity index (χ0) is 10.7. The Hall–Kier alpha value is -0.860. The number of rotatable bonds is 5. The zero-order valence-electron chi connectivity index (χ0n) is 9.15. The number of benzene rings is 1. The highest BCUT2D eigenvalue weighted by molar-refractivity contribution is 5.29. The molecule has 0 aromatic heterocycles. The van der Waals surface area contributed by atoms with Gasteiger partial charge in [0.25, 0.3) is 0 Å². The lowest BCUT2D eigenvalue weighted by Gasteiger charge is -2.11. The van der Waals surface area contributed by atoms with Crippen LogP contribution in [0.4, 0.5) is 0 Å². The average molecular weight is 206 g/mol. The van der Waals surface area contributed by atoms with Crippen molar-refractivity contribution >= 4 is 0 Å². The number of hydrogen-bond donors (Lipinski definition) is 1. The quantitative estimate of drug-likeness (QED) is 0.802. The van der Waals surface area contributed by atoms with E-state index < -0.39 is 6.10 Å². The molecule has 15 heavy (non-hydrogen) atoms. The van der Waals surface area contributed by atoms with Crippen molar-refractivity contribution in [2.45, 2.75) is 31.8 Å². The third-order valence-corrected chi connectivity index (χ3v) is 2.85. The van der Waals surface area contributed by atoms with Crippen molar-refractivity contribution in [1.82, 2.24) is 0 Å². The van der Waals surface area contributed by atoms with Crippen molar-refractivity contribution in [3.63, 3.8) is 0 Å². The Morgan fingerprint density at radius 1 is 1.33 bits per heavy atom. The summed E-state index contributed by atoms with van der Waals surface area (Å²) in [6, 6.07) is 8.28. The third kappa shape index (κ3) is 2.80. The Labute approximate surface area is 90.9 Å². The highest BCUT2D eigenvalue weighted by Crippen LogP contribution is 2.40. The third-order valence-electron chi connectivity index (χ3n) is 2.85. The minimum Gasteiger partial charge on any atom is -0.386 e. The van der Waals surface area contributed by atoms with Crippen LogP contribution >= 0.6 is 0 Å². The van der Waals surface area contributed by atoms with Crippen LogP contribution in [-0.4, -0.2) is 18.3 Å². The van der Waals surface area contributed by atoms with Gasteiger partial charge in [-0.05, 0) is 36.8 Å². The fraction of sp³-hybridized carbons (Fsp3) is 0.538. The molecule has 1 aromatic carbocycles. The minimum absolute atomic E-state index is 0.388. The molecule has 1 fully saturated rings. The monoisotopic (exact) mass is 206 g/mol. The van der Waals surface area contributed by atoms with Gasteiger partial charge in [0.2, 0.25) is 0 Å². The van der Waals surface area contributed by atoms with Gasteiger partial charge in [0.15, 0.2) is 0 Å². The van der Waals surface area contributed by atoms with Gasteiger partial charge in [0.05, 0.1) is 6.61 Å². The van der Waals surface area contributed by atoms with Crippen LogP contribution in [0.2, 0.25) is 0 Å². The zero-order valence-corrected chi connectivity index (χ0v) is 9.15. The molecule has 2 rings (SSSR count). The normalized spacial score (nSPS) is 17.7. The van der Waals surface area contributed by atoms with Crippen LogP contribution < -0.4 is 0 Å². The van der Waals surface area contributed by atoms with E-state index in [1.807, 2.05) is 19.1 Å². The molecule has 1 aliphatic rings. The Kier molecular flexibility index (Phi) is 3.39. The molecule has 1 atom stereocenters. The van der Waals surface area contributed by atoms with Gasteiger partial charge < -0.3 is 9.84 Å². The maximum Gasteiger partial charge on any atom is 0.102 e. The van der Waals surface area contributed by atoms with Crippen molar-refractivity contribution < 1.29 is 9.84 Å². The molecule has 0 aliphatic heterocycles. The molecule has 82 valence electrons. The van der Waals surface area contributed by atoms with Crippen LogP contribution in [0, 0.1) is 0 Å². The standard InChI is InChI=1S/C13H18O2/c1-2-15-9-13(14)12-7-5-11(6-8-12)10-3-4-10/h5-8,10,13-14H,2-4,9H2,1H3. The van der Waals surface area contributed by atoms with Crippen LogP contribution in [0.15, 0.2) is 24.3 Å². The molecule has 1 saturated carbocycles. The number of hydrogen-bond acceptors (Lipinski definition) is 2. The van der Waals surface area contributed by atoms with E-state index in [1.165, 1.54) is 18.4 Å². The molecule has 0 heterocycles. The Bertz CT molecular complexity index is 301. The summed E-state index contributed by atoms with van der Waals surface area (Å²) in [7, 11) is 0. The minimum atomic E-state index is -0.488. The van der Waals surface area contributed by atoms with Crippen molar-refractivity contribution in [3.05, 3.63) is 35.4 Å². The molecule has 1 N–H and O–H groups in total. The lowest BCUT2D eigenvalue weighted by atomic mass is 10.1. The second kappa shape index (κ2) is 4.77. The van der Waals surface area contributed by atoms with Gasteiger partial charge in [-0.3, -0.25) is 0 Å². The van der Waals surface area contributed by atoms with Crippen LogP contribution in [0.5, 0.6) is 0 Å². The first-order chi connectivity index (χ1) is 7.31. The van der Waals surface area contributed by atoms with Crippen LogP contribution in [0.25, 0.3) is 0 Å². The van der Waals surface area contributed by atoms with E-state index in [1.54, 1.807) is 0 Å². The Morgan fingerprint density at radius 3 is 2.53 bits per heavy atom. The van der Waals surface area contributed by atoms with Crippen molar-refractivity contribution in [1.29, 1.82) is 0 Å². The van der Waals surface area contributed by atoms with Gasteiger partial charge in [-0.15, -0.1) is 0 Å². The lowest BCUT2D eigenvalue weighted by molar-refractivity contribution is 0.0420. The summed E-state index contributed by atoms with van der Waals surface area (Å²) in [6.45, 7) is 2.97. The van der Waals surface area contributed by atoms with Gasteiger partial charge in [-0.2, -0.15) is 0 Å². The Balaban J connectivity index is 1.95. The molecule has 1 aliphatic carbocycles. The molecule has 0 bridgehead atoms. The molecule has 1 unspecified atom stereocenters. The van der Waals surface area contributed by atoms with E-state index >= 15 is 0 Å². The number of aliphatic hydroxyl groups excluding tert-OH is 1. The first kappa shape index (κ1) is 10.7. The van der Waals surface area contributed by atoms with Crippen LogP contribution in [0.3, 0.4) is 0 Å². The van der Waals surface area contributed by atoms with Gasteiger partial charge in [0, 0.05) is 6.61 Å². The van der Waals surface area contributed by atoms with E-state index in [0.29, 0.717) is 13.2 Å². The summed E-state index contributed by atoms with van der Waals surface area (Å²) in [4.78, 5) is 0. The molecule has 1 aromatic rings. The first-order valence-corrected chi connectivity index (χ1v) is 5.67. The molecular formula is C13H18O2. The maximum absolute atomic E-state index is 9.77. The summed E-state index contributed by atoms with van der Waals surface area (Å²) in [6.07, 6.45) is 2.15. The predicted molar refractivity (Wildman–Crippen MR) is 59.9 cm³/mol. The van der Waals surface area contributed by atoms with Gasteiger partial charge >= 0.3 is 0 Å². The van der Waals surface area contributed by atoms with E-state index in [-0.39, 0.29) is 0 Å². The molecule has 2 heteroatoms. The maximum atomic E-state index is 9.77. The summed E-state index contributed by atoms with van der Waals surface area (Å²) >= 11 is 0. The van der Waals surface area contributed by atoms with Gasteiger partial charge in [0.1, 0.15) is 6.10 Å². The van der Waals surface area contributed by atoms with Gasteiger partial charge in [-0.1, -0.05) is 24.3 Å². The van der Waals surface area contributed by atoms with E-state index in [0.717, 1.165) is 11.5 Å². The molecular weight excluding hydrogens is 188 g/mol. The topological polar surface area (TPSA) is 29.5 Å². The van der Waals surface area contributed by atoms with Crippen LogP contribution in [-0.2, 0) is 4.74 Å². The molecule has 0 saturated heterocycles. The van der Waals surface area contributed by atoms with Crippen molar-refractivity contribution in [2.75, 3.05) is 13.2 Å². The van der Waals surface area contributed by atoms with Crippen molar-refractivity contribution in [3.8, 4) is 0 Å². The second-order valence-corrected chi connectivity index (χ2v) is 4.12. The van der Waals surface area contributed by atoms with E-state index in [9.17, 15) is 5.11 Å². The number of aliphatic hydroxyl groups is 1. The summed E-state index contributed by atoms with van der Waals surface area (Å²) in [5.41, 5.74) is 2.36. The molecule has 2 nitrogen and oxygen atoms in total. The SMILES string of the molecule is CCOCC(O)c1ccc(C2CC2)cc1.